The van der Waals surface area contributed by atoms with E-state index in [-0.39, 0.29) is 5.91 Å². The van der Waals surface area contributed by atoms with E-state index in [1.165, 1.54) is 29.7 Å². The Morgan fingerprint density at radius 3 is 2.57 bits per heavy atom. The molecule has 2 bridgehead atoms. The SMILES string of the molecule is NC(=O)CC1C[C@H]2CC[C@@H](C1)N2Cc1ccc(Oc2nc3c(Cl)cccc3s2)cc1. The second kappa shape index (κ2) is 8.17. The topological polar surface area (TPSA) is 68.5 Å². The quantitative estimate of drug-likeness (QED) is 0.559. The second-order valence-electron chi connectivity index (χ2n) is 8.38. The Kier molecular flexibility index (Phi) is 5.39. The normalized spacial score (nSPS) is 23.7. The van der Waals surface area contributed by atoms with Gasteiger partial charge in [-0.3, -0.25) is 9.69 Å². The van der Waals surface area contributed by atoms with E-state index in [0.29, 0.717) is 34.6 Å². The molecule has 3 atom stereocenters. The number of piperidine rings is 1. The van der Waals surface area contributed by atoms with Crippen molar-refractivity contribution in [1.29, 1.82) is 0 Å². The number of carbonyl (C=O) groups excluding carboxylic acids is 1. The maximum atomic E-state index is 11.3. The van der Waals surface area contributed by atoms with Crippen molar-refractivity contribution in [3.63, 3.8) is 0 Å². The third kappa shape index (κ3) is 4.04. The summed E-state index contributed by atoms with van der Waals surface area (Å²) < 4.78 is 6.98. The molecule has 1 unspecified atom stereocenters. The van der Waals surface area contributed by atoms with Gasteiger partial charge in [0.05, 0.1) is 9.72 Å². The van der Waals surface area contributed by atoms with Crippen LogP contribution in [0.25, 0.3) is 10.2 Å². The number of ether oxygens (including phenoxy) is 1. The predicted octanol–water partition coefficient (Wildman–Crippen LogP) is 5.36. The lowest BCUT2D eigenvalue weighted by molar-refractivity contribution is -0.119. The van der Waals surface area contributed by atoms with Crippen LogP contribution in [-0.4, -0.2) is 27.9 Å². The van der Waals surface area contributed by atoms with Gasteiger partial charge in [0.15, 0.2) is 0 Å². The zero-order chi connectivity index (χ0) is 20.7. The Labute approximate surface area is 184 Å². The van der Waals surface area contributed by atoms with Crippen LogP contribution in [0.1, 0.15) is 37.7 Å². The summed E-state index contributed by atoms with van der Waals surface area (Å²) in [6, 6.07) is 15.2. The van der Waals surface area contributed by atoms with Crippen LogP contribution in [0, 0.1) is 5.92 Å². The fourth-order valence-corrected chi connectivity index (χ4v) is 6.14. The van der Waals surface area contributed by atoms with Crippen LogP contribution in [0.4, 0.5) is 0 Å². The van der Waals surface area contributed by atoms with Crippen LogP contribution >= 0.6 is 22.9 Å². The van der Waals surface area contributed by atoms with Gasteiger partial charge in [-0.1, -0.05) is 41.1 Å². The molecule has 2 saturated heterocycles. The Balaban J connectivity index is 1.23. The number of halogens is 1. The van der Waals surface area contributed by atoms with Crippen molar-refractivity contribution < 1.29 is 9.53 Å². The van der Waals surface area contributed by atoms with Crippen molar-refractivity contribution in [2.45, 2.75) is 50.7 Å². The molecule has 2 aliphatic rings. The standard InChI is InChI=1S/C23H24ClN3O2S/c24-19-2-1-3-20-22(19)26-23(30-20)29-18-8-4-14(5-9-18)13-27-16-6-7-17(27)11-15(10-16)12-21(25)28/h1-5,8-9,15-17H,6-7,10-13H2,(H2,25,28)/t15?,16-,17+. The van der Waals surface area contributed by atoms with Crippen LogP contribution in [0.2, 0.25) is 5.02 Å². The Morgan fingerprint density at radius 1 is 1.17 bits per heavy atom. The van der Waals surface area contributed by atoms with Crippen LogP contribution in [0.3, 0.4) is 0 Å². The first-order valence-corrected chi connectivity index (χ1v) is 11.6. The maximum Gasteiger partial charge on any atom is 0.279 e. The Morgan fingerprint density at radius 2 is 1.90 bits per heavy atom. The van der Waals surface area contributed by atoms with E-state index in [2.05, 4.69) is 22.0 Å². The van der Waals surface area contributed by atoms with Crippen molar-refractivity contribution in [1.82, 2.24) is 9.88 Å². The number of aromatic nitrogens is 1. The number of hydrogen-bond acceptors (Lipinski definition) is 5. The number of rotatable bonds is 6. The molecule has 0 spiro atoms. The lowest BCUT2D eigenvalue weighted by Gasteiger charge is -2.38. The second-order valence-corrected chi connectivity index (χ2v) is 9.78. The number of para-hydroxylation sites is 1. The van der Waals surface area contributed by atoms with E-state index in [1.807, 2.05) is 30.3 Å². The van der Waals surface area contributed by atoms with Gasteiger partial charge in [0, 0.05) is 25.0 Å². The van der Waals surface area contributed by atoms with Gasteiger partial charge in [0.25, 0.3) is 5.19 Å². The van der Waals surface area contributed by atoms with Crippen molar-refractivity contribution >= 4 is 39.1 Å². The number of benzene rings is 2. The van der Waals surface area contributed by atoms with E-state index in [1.54, 1.807) is 0 Å². The molecule has 2 aliphatic heterocycles. The maximum absolute atomic E-state index is 11.3. The first-order chi connectivity index (χ1) is 14.5. The average Bonchev–Trinajstić information content (AvgIpc) is 3.21. The summed E-state index contributed by atoms with van der Waals surface area (Å²) in [6.45, 7) is 0.940. The number of amides is 1. The van der Waals surface area contributed by atoms with E-state index >= 15 is 0 Å². The smallest absolute Gasteiger partial charge is 0.279 e. The van der Waals surface area contributed by atoms with Gasteiger partial charge in [0.1, 0.15) is 11.3 Å². The van der Waals surface area contributed by atoms with Gasteiger partial charge in [-0.25, -0.2) is 4.98 Å². The van der Waals surface area contributed by atoms with Crippen LogP contribution in [0.15, 0.2) is 42.5 Å². The molecule has 7 heteroatoms. The highest BCUT2D eigenvalue weighted by molar-refractivity contribution is 7.20. The molecule has 3 aromatic rings. The first kappa shape index (κ1) is 19.8. The summed E-state index contributed by atoms with van der Waals surface area (Å²) >= 11 is 7.70. The van der Waals surface area contributed by atoms with Gasteiger partial charge in [-0.05, 0) is 61.4 Å². The molecule has 1 aromatic heterocycles. The number of thiazole rings is 1. The first-order valence-electron chi connectivity index (χ1n) is 10.4. The third-order valence-corrected chi connectivity index (χ3v) is 7.52. The van der Waals surface area contributed by atoms with Crippen molar-refractivity contribution in [3.05, 3.63) is 53.1 Å². The number of hydrogen-bond donors (Lipinski definition) is 1. The molecule has 2 fully saturated rings. The van der Waals surface area contributed by atoms with E-state index in [4.69, 9.17) is 22.1 Å². The zero-order valence-electron chi connectivity index (χ0n) is 16.6. The highest BCUT2D eigenvalue weighted by Crippen LogP contribution is 2.41. The van der Waals surface area contributed by atoms with E-state index in [0.717, 1.165) is 35.4 Å². The van der Waals surface area contributed by atoms with Gasteiger partial charge in [0.2, 0.25) is 5.91 Å². The van der Waals surface area contributed by atoms with Crippen molar-refractivity contribution in [3.8, 4) is 10.9 Å². The number of nitrogens with two attached hydrogens (primary N) is 1. The number of fused-ring (bicyclic) bond motifs is 3. The number of primary amides is 1. The molecular formula is C23H24ClN3O2S. The molecule has 0 radical (unpaired) electrons. The van der Waals surface area contributed by atoms with Gasteiger partial charge in [-0.2, -0.15) is 0 Å². The molecular weight excluding hydrogens is 418 g/mol. The molecule has 2 N–H and O–H groups in total. The number of carbonyl (C=O) groups is 1. The molecule has 0 aliphatic carbocycles. The number of nitrogens with zero attached hydrogens (tertiary/aromatic N) is 2. The fraction of sp³-hybridized carbons (Fsp3) is 0.391. The monoisotopic (exact) mass is 441 g/mol. The summed E-state index contributed by atoms with van der Waals surface area (Å²) in [6.07, 6.45) is 5.15. The predicted molar refractivity (Wildman–Crippen MR) is 120 cm³/mol. The van der Waals surface area contributed by atoms with Crippen LogP contribution < -0.4 is 10.5 Å². The Bertz CT molecular complexity index is 1050. The summed E-state index contributed by atoms with van der Waals surface area (Å²) in [7, 11) is 0. The summed E-state index contributed by atoms with van der Waals surface area (Å²) in [5.74, 6) is 1.06. The van der Waals surface area contributed by atoms with Gasteiger partial charge in [-0.15, -0.1) is 0 Å². The molecule has 30 heavy (non-hydrogen) atoms. The van der Waals surface area contributed by atoms with Crippen LogP contribution in [-0.2, 0) is 11.3 Å². The molecule has 1 amide bonds. The van der Waals surface area contributed by atoms with E-state index < -0.39 is 0 Å². The largest absolute Gasteiger partial charge is 0.431 e. The molecule has 5 rings (SSSR count). The minimum absolute atomic E-state index is 0.168. The highest BCUT2D eigenvalue weighted by atomic mass is 35.5. The minimum Gasteiger partial charge on any atom is -0.431 e. The lowest BCUT2D eigenvalue weighted by Crippen LogP contribution is -2.43. The summed E-state index contributed by atoms with van der Waals surface area (Å²) in [5, 5.41) is 1.24. The molecule has 156 valence electrons. The molecule has 0 saturated carbocycles. The summed E-state index contributed by atoms with van der Waals surface area (Å²) in [4.78, 5) is 18.4. The van der Waals surface area contributed by atoms with Crippen LogP contribution in [0.5, 0.6) is 10.9 Å². The van der Waals surface area contributed by atoms with Crippen molar-refractivity contribution in [2.24, 2.45) is 11.7 Å². The van der Waals surface area contributed by atoms with Gasteiger partial charge < -0.3 is 10.5 Å². The highest BCUT2D eigenvalue weighted by Gasteiger charge is 2.40. The lowest BCUT2D eigenvalue weighted by atomic mass is 9.87. The minimum atomic E-state index is -0.168. The molecule has 5 nitrogen and oxygen atoms in total. The zero-order valence-corrected chi connectivity index (χ0v) is 18.2. The average molecular weight is 442 g/mol. The molecule has 3 heterocycles. The third-order valence-electron chi connectivity index (χ3n) is 6.32. The van der Waals surface area contributed by atoms with Crippen molar-refractivity contribution in [2.75, 3.05) is 0 Å². The van der Waals surface area contributed by atoms with E-state index in [9.17, 15) is 4.79 Å². The molecule has 2 aromatic carbocycles. The fourth-order valence-electron chi connectivity index (χ4n) is 5.01. The summed E-state index contributed by atoms with van der Waals surface area (Å²) in [5.41, 5.74) is 7.48. The Hall–Kier alpha value is -2.15. The van der Waals surface area contributed by atoms with Gasteiger partial charge >= 0.3 is 0 Å².